The molecule has 37 heavy (non-hydrogen) atoms. The fraction of sp³-hybridized carbons (Fsp3) is 0.0882. The van der Waals surface area contributed by atoms with Gasteiger partial charge in [0.15, 0.2) is 0 Å². The third-order valence-electron chi connectivity index (χ3n) is 8.02. The van der Waals surface area contributed by atoms with Crippen molar-refractivity contribution in [2.24, 2.45) is 0 Å². The zero-order valence-corrected chi connectivity index (χ0v) is 21.5. The first-order valence-electron chi connectivity index (χ1n) is 12.7. The van der Waals surface area contributed by atoms with Gasteiger partial charge in [-0.1, -0.05) is 80.6 Å². The van der Waals surface area contributed by atoms with E-state index in [2.05, 4.69) is 128 Å². The van der Waals surface area contributed by atoms with Gasteiger partial charge in [0.1, 0.15) is 5.01 Å². The Kier molecular flexibility index (Phi) is 4.19. The minimum atomic E-state index is -0.0178. The molecular weight excluding hydrogens is 468 g/mol. The molecule has 0 radical (unpaired) electrons. The Morgan fingerprint density at radius 1 is 0.649 bits per heavy atom. The first-order chi connectivity index (χ1) is 18.1. The molecule has 0 bridgehead atoms. The molecule has 0 spiro atoms. The Bertz CT molecular complexity index is 1990. The highest BCUT2D eigenvalue weighted by molar-refractivity contribution is 7.21. The molecular formula is C34H24N2S. The normalized spacial score (nSPS) is 13.9. The summed E-state index contributed by atoms with van der Waals surface area (Å²) in [6.45, 7) is 4.70. The van der Waals surface area contributed by atoms with Gasteiger partial charge in [0.25, 0.3) is 0 Å². The average molecular weight is 493 g/mol. The third kappa shape index (κ3) is 2.89. The van der Waals surface area contributed by atoms with Gasteiger partial charge in [-0.2, -0.15) is 0 Å². The molecule has 0 amide bonds. The van der Waals surface area contributed by atoms with Gasteiger partial charge in [-0.15, -0.1) is 11.3 Å². The van der Waals surface area contributed by atoms with Gasteiger partial charge in [-0.3, -0.25) is 0 Å². The molecule has 0 unspecified atom stereocenters. The number of fused-ring (bicyclic) bond motifs is 7. The van der Waals surface area contributed by atoms with E-state index in [1.165, 1.54) is 48.8 Å². The molecule has 8 rings (SSSR count). The molecule has 1 aliphatic rings. The van der Waals surface area contributed by atoms with E-state index in [4.69, 9.17) is 4.98 Å². The van der Waals surface area contributed by atoms with E-state index in [1.54, 1.807) is 11.3 Å². The minimum Gasteiger partial charge on any atom is -0.309 e. The summed E-state index contributed by atoms with van der Waals surface area (Å²) in [4.78, 5) is 4.93. The maximum atomic E-state index is 4.93. The van der Waals surface area contributed by atoms with E-state index < -0.39 is 0 Å². The van der Waals surface area contributed by atoms with Crippen LogP contribution in [0.25, 0.3) is 59.4 Å². The standard InChI is InChI=1S/C34H24N2S/c1-34(2)27-14-5-3-12-23(27)25-20-31-26(19-28(25)34)24-13-4-7-16-30(24)36(31)22-11-9-10-21(18-22)33-35-29-15-6-8-17-32(29)37-33/h3-20H,1-2H3. The van der Waals surface area contributed by atoms with Crippen LogP contribution in [0, 0.1) is 0 Å². The molecule has 0 saturated carbocycles. The minimum absolute atomic E-state index is 0.0178. The summed E-state index contributed by atoms with van der Waals surface area (Å²) >= 11 is 1.75. The van der Waals surface area contributed by atoms with Crippen LogP contribution >= 0.6 is 11.3 Å². The van der Waals surface area contributed by atoms with E-state index in [9.17, 15) is 0 Å². The molecule has 3 heteroatoms. The highest BCUT2D eigenvalue weighted by Crippen LogP contribution is 2.51. The maximum Gasteiger partial charge on any atom is 0.124 e. The molecule has 176 valence electrons. The largest absolute Gasteiger partial charge is 0.309 e. The van der Waals surface area contributed by atoms with Gasteiger partial charge in [0.2, 0.25) is 0 Å². The second kappa shape index (κ2) is 7.41. The molecule has 2 nitrogen and oxygen atoms in total. The number of nitrogens with zero attached hydrogens (tertiary/aromatic N) is 2. The molecule has 0 fully saturated rings. The SMILES string of the molecule is CC1(C)c2ccccc2-c2cc3c(cc21)c1ccccc1n3-c1cccc(-c2nc3ccccc3s2)c1. The van der Waals surface area contributed by atoms with Crippen molar-refractivity contribution in [3.63, 3.8) is 0 Å². The maximum absolute atomic E-state index is 4.93. The quantitative estimate of drug-likeness (QED) is 0.235. The zero-order valence-electron chi connectivity index (χ0n) is 20.7. The molecule has 2 heterocycles. The molecule has 1 aliphatic carbocycles. The number of benzene rings is 5. The van der Waals surface area contributed by atoms with Gasteiger partial charge in [0.05, 0.1) is 21.3 Å². The van der Waals surface area contributed by atoms with Crippen LogP contribution in [0.1, 0.15) is 25.0 Å². The zero-order chi connectivity index (χ0) is 24.7. The lowest BCUT2D eigenvalue weighted by Crippen LogP contribution is -2.14. The van der Waals surface area contributed by atoms with Crippen LogP contribution in [-0.2, 0) is 5.41 Å². The summed E-state index contributed by atoms with van der Waals surface area (Å²) in [5.74, 6) is 0. The first kappa shape index (κ1) is 20.9. The lowest BCUT2D eigenvalue weighted by Gasteiger charge is -2.21. The second-order valence-electron chi connectivity index (χ2n) is 10.5. The van der Waals surface area contributed by atoms with Gasteiger partial charge < -0.3 is 4.57 Å². The summed E-state index contributed by atoms with van der Waals surface area (Å²) in [6.07, 6.45) is 0. The number of aromatic nitrogens is 2. The summed E-state index contributed by atoms with van der Waals surface area (Å²) in [6, 6.07) is 39.7. The highest BCUT2D eigenvalue weighted by Gasteiger charge is 2.36. The van der Waals surface area contributed by atoms with Crippen LogP contribution < -0.4 is 0 Å². The van der Waals surface area contributed by atoms with Crippen LogP contribution in [0.3, 0.4) is 0 Å². The number of thiazole rings is 1. The van der Waals surface area contributed by atoms with Crippen molar-refractivity contribution in [3.05, 3.63) is 120 Å². The fourth-order valence-corrected chi connectivity index (χ4v) is 7.18. The van der Waals surface area contributed by atoms with E-state index in [-0.39, 0.29) is 5.41 Å². The lowest BCUT2D eigenvalue weighted by molar-refractivity contribution is 0.661. The van der Waals surface area contributed by atoms with Crippen LogP contribution in [0.2, 0.25) is 0 Å². The van der Waals surface area contributed by atoms with Gasteiger partial charge in [0, 0.05) is 27.4 Å². The molecule has 7 aromatic rings. The highest BCUT2D eigenvalue weighted by atomic mass is 32.1. The van der Waals surface area contributed by atoms with Crippen LogP contribution in [0.4, 0.5) is 0 Å². The number of hydrogen-bond acceptors (Lipinski definition) is 2. The summed E-state index contributed by atoms with van der Waals surface area (Å²) in [7, 11) is 0. The lowest BCUT2D eigenvalue weighted by atomic mass is 9.82. The summed E-state index contributed by atoms with van der Waals surface area (Å²) < 4.78 is 3.65. The first-order valence-corrected chi connectivity index (χ1v) is 13.6. The van der Waals surface area contributed by atoms with E-state index in [0.29, 0.717) is 0 Å². The van der Waals surface area contributed by atoms with E-state index >= 15 is 0 Å². The van der Waals surface area contributed by atoms with Crippen molar-refractivity contribution >= 4 is 43.4 Å². The molecule has 0 N–H and O–H groups in total. The summed E-state index contributed by atoms with van der Waals surface area (Å²) in [5, 5.41) is 3.65. The predicted octanol–water partition coefficient (Wildman–Crippen LogP) is 9.37. The van der Waals surface area contributed by atoms with Gasteiger partial charge >= 0.3 is 0 Å². The van der Waals surface area contributed by atoms with Crippen molar-refractivity contribution in [2.45, 2.75) is 19.3 Å². The number of para-hydroxylation sites is 2. The molecule has 2 aromatic heterocycles. The van der Waals surface area contributed by atoms with Crippen molar-refractivity contribution < 1.29 is 0 Å². The van der Waals surface area contributed by atoms with E-state index in [1.807, 2.05) is 0 Å². The topological polar surface area (TPSA) is 17.8 Å². The third-order valence-corrected chi connectivity index (χ3v) is 9.11. The van der Waals surface area contributed by atoms with Crippen LogP contribution in [0.5, 0.6) is 0 Å². The second-order valence-corrected chi connectivity index (χ2v) is 11.5. The van der Waals surface area contributed by atoms with Gasteiger partial charge in [-0.05, 0) is 64.7 Å². The van der Waals surface area contributed by atoms with Crippen molar-refractivity contribution in [1.82, 2.24) is 9.55 Å². The van der Waals surface area contributed by atoms with Gasteiger partial charge in [-0.25, -0.2) is 4.98 Å². The Balaban J connectivity index is 1.41. The Morgan fingerprint density at radius 2 is 1.46 bits per heavy atom. The van der Waals surface area contributed by atoms with E-state index in [0.717, 1.165) is 21.8 Å². The average Bonchev–Trinajstić information content (AvgIpc) is 3.57. The summed E-state index contributed by atoms with van der Waals surface area (Å²) in [5.41, 5.74) is 11.3. The smallest absolute Gasteiger partial charge is 0.124 e. The Hall–Kier alpha value is -4.21. The van der Waals surface area contributed by atoms with Crippen molar-refractivity contribution in [1.29, 1.82) is 0 Å². The van der Waals surface area contributed by atoms with Crippen LogP contribution in [0.15, 0.2) is 109 Å². The molecule has 0 aliphatic heterocycles. The fourth-order valence-electron chi connectivity index (χ4n) is 6.22. The number of rotatable bonds is 2. The van der Waals surface area contributed by atoms with Crippen molar-refractivity contribution in [3.8, 4) is 27.4 Å². The molecule has 5 aromatic carbocycles. The monoisotopic (exact) mass is 492 g/mol. The molecule has 0 saturated heterocycles. The van der Waals surface area contributed by atoms with Crippen LogP contribution in [-0.4, -0.2) is 9.55 Å². The Labute approximate surface area is 219 Å². The van der Waals surface area contributed by atoms with Crippen molar-refractivity contribution in [2.75, 3.05) is 0 Å². The molecule has 0 atom stereocenters. The number of hydrogen-bond donors (Lipinski definition) is 0. The Morgan fingerprint density at radius 3 is 2.38 bits per heavy atom. The predicted molar refractivity (Wildman–Crippen MR) is 157 cm³/mol.